The Morgan fingerprint density at radius 2 is 2.06 bits per heavy atom. The summed E-state index contributed by atoms with van der Waals surface area (Å²) in [6.45, 7) is 7.58. The Labute approximate surface area is 116 Å². The monoisotopic (exact) mass is 312 g/mol. The lowest BCUT2D eigenvalue weighted by atomic mass is 10.2. The Kier molecular flexibility index (Phi) is 6.64. The van der Waals surface area contributed by atoms with Crippen LogP contribution in [0.15, 0.2) is 27.6 Å². The average Bonchev–Trinajstić information content (AvgIpc) is 2.35. The minimum absolute atomic E-state index is 0.762. The Morgan fingerprint density at radius 1 is 1.35 bits per heavy atom. The summed E-state index contributed by atoms with van der Waals surface area (Å²) in [6, 6.07) is 8.03. The summed E-state index contributed by atoms with van der Waals surface area (Å²) >= 11 is 5.19. The highest BCUT2D eigenvalue weighted by Gasteiger charge is 2.05. The van der Waals surface area contributed by atoms with Crippen molar-refractivity contribution in [3.05, 3.63) is 28.2 Å². The molecule has 92 valence electrons. The van der Waals surface area contributed by atoms with Crippen LogP contribution in [-0.2, 0) is 0 Å². The zero-order chi connectivity index (χ0) is 12.7. The predicted octanol–water partition coefficient (Wildman–Crippen LogP) is 3.75. The third-order valence-corrected chi connectivity index (χ3v) is 4.15. The molecule has 0 fully saturated rings. The van der Waals surface area contributed by atoms with Crippen molar-refractivity contribution in [1.82, 2.24) is 4.90 Å². The molecule has 0 saturated heterocycles. The molecule has 0 spiro atoms. The SMILES string of the molecule is CCN(CC)CCSc1cc(Br)ccc1C#N. The Morgan fingerprint density at radius 3 is 2.65 bits per heavy atom. The van der Waals surface area contributed by atoms with Gasteiger partial charge in [0, 0.05) is 21.7 Å². The van der Waals surface area contributed by atoms with Crippen molar-refractivity contribution < 1.29 is 0 Å². The summed E-state index contributed by atoms with van der Waals surface area (Å²) in [5.41, 5.74) is 0.762. The van der Waals surface area contributed by atoms with E-state index in [0.717, 1.165) is 40.3 Å². The van der Waals surface area contributed by atoms with E-state index in [-0.39, 0.29) is 0 Å². The van der Waals surface area contributed by atoms with Crippen molar-refractivity contribution in [3.63, 3.8) is 0 Å². The first kappa shape index (κ1) is 14.6. The molecule has 0 heterocycles. The molecule has 0 aliphatic heterocycles. The standard InChI is InChI=1S/C13H17BrN2S/c1-3-16(4-2)7-8-17-13-9-12(14)6-5-11(13)10-15/h5-6,9H,3-4,7-8H2,1-2H3. The van der Waals surface area contributed by atoms with Gasteiger partial charge in [-0.15, -0.1) is 11.8 Å². The zero-order valence-corrected chi connectivity index (χ0v) is 12.6. The molecule has 0 aromatic heterocycles. The first-order chi connectivity index (χ1) is 8.21. The van der Waals surface area contributed by atoms with Crippen LogP contribution in [0.2, 0.25) is 0 Å². The maximum Gasteiger partial charge on any atom is 0.100 e. The molecule has 1 rings (SSSR count). The molecule has 0 unspecified atom stereocenters. The first-order valence-corrected chi connectivity index (χ1v) is 7.53. The molecule has 0 aliphatic rings. The Hall–Kier alpha value is -0.500. The minimum atomic E-state index is 0.762. The molecule has 17 heavy (non-hydrogen) atoms. The second-order valence-electron chi connectivity index (χ2n) is 3.63. The molecule has 0 atom stereocenters. The van der Waals surface area contributed by atoms with Crippen LogP contribution in [0.25, 0.3) is 0 Å². The zero-order valence-electron chi connectivity index (χ0n) is 10.2. The fraction of sp³-hybridized carbons (Fsp3) is 0.462. The van der Waals surface area contributed by atoms with Crippen LogP contribution in [0.5, 0.6) is 0 Å². The van der Waals surface area contributed by atoms with Crippen molar-refractivity contribution in [2.45, 2.75) is 18.7 Å². The molecule has 0 N–H and O–H groups in total. The van der Waals surface area contributed by atoms with Crippen molar-refractivity contribution in [2.75, 3.05) is 25.4 Å². The molecule has 0 radical (unpaired) electrons. The van der Waals surface area contributed by atoms with Crippen LogP contribution in [0.1, 0.15) is 19.4 Å². The largest absolute Gasteiger partial charge is 0.303 e. The van der Waals surface area contributed by atoms with Crippen molar-refractivity contribution in [2.24, 2.45) is 0 Å². The molecule has 4 heteroatoms. The molecule has 0 amide bonds. The van der Waals surface area contributed by atoms with E-state index in [9.17, 15) is 0 Å². The van der Waals surface area contributed by atoms with E-state index in [4.69, 9.17) is 5.26 Å². The highest BCUT2D eigenvalue weighted by Crippen LogP contribution is 2.26. The molecule has 0 saturated carbocycles. The van der Waals surface area contributed by atoms with Gasteiger partial charge in [0.25, 0.3) is 0 Å². The van der Waals surface area contributed by atoms with E-state index < -0.39 is 0 Å². The number of nitrogens with zero attached hydrogens (tertiary/aromatic N) is 2. The van der Waals surface area contributed by atoms with E-state index in [1.165, 1.54) is 0 Å². The van der Waals surface area contributed by atoms with Gasteiger partial charge in [-0.3, -0.25) is 0 Å². The maximum atomic E-state index is 9.02. The third kappa shape index (κ3) is 4.71. The van der Waals surface area contributed by atoms with E-state index in [0.29, 0.717) is 0 Å². The van der Waals surface area contributed by atoms with E-state index >= 15 is 0 Å². The topological polar surface area (TPSA) is 27.0 Å². The summed E-state index contributed by atoms with van der Waals surface area (Å²) < 4.78 is 1.03. The molecular formula is C13H17BrN2S. The van der Waals surface area contributed by atoms with Crippen molar-refractivity contribution in [1.29, 1.82) is 5.26 Å². The lowest BCUT2D eigenvalue weighted by molar-refractivity contribution is 0.324. The predicted molar refractivity (Wildman–Crippen MR) is 77.4 cm³/mol. The number of hydrogen-bond donors (Lipinski definition) is 0. The molecule has 1 aromatic rings. The number of nitriles is 1. The lowest BCUT2D eigenvalue weighted by Gasteiger charge is -2.17. The summed E-state index contributed by atoms with van der Waals surface area (Å²) in [4.78, 5) is 3.45. The smallest absolute Gasteiger partial charge is 0.100 e. The maximum absolute atomic E-state index is 9.02. The highest BCUT2D eigenvalue weighted by atomic mass is 79.9. The lowest BCUT2D eigenvalue weighted by Crippen LogP contribution is -2.25. The third-order valence-electron chi connectivity index (χ3n) is 2.62. The van der Waals surface area contributed by atoms with Gasteiger partial charge in [0.1, 0.15) is 6.07 Å². The van der Waals surface area contributed by atoms with Gasteiger partial charge in [-0.05, 0) is 31.3 Å². The molecule has 1 aromatic carbocycles. The summed E-state index contributed by atoms with van der Waals surface area (Å²) in [5.74, 6) is 1.02. The van der Waals surface area contributed by atoms with E-state index in [1.807, 2.05) is 18.2 Å². The number of benzene rings is 1. The molecule has 0 aliphatic carbocycles. The summed E-state index contributed by atoms with van der Waals surface area (Å²) in [6.07, 6.45) is 0. The number of halogens is 1. The average molecular weight is 313 g/mol. The van der Waals surface area contributed by atoms with Gasteiger partial charge in [-0.25, -0.2) is 0 Å². The van der Waals surface area contributed by atoms with Crippen LogP contribution in [-0.4, -0.2) is 30.3 Å². The Bertz CT molecular complexity index is 397. The van der Waals surface area contributed by atoms with Crippen LogP contribution in [0, 0.1) is 11.3 Å². The molecule has 2 nitrogen and oxygen atoms in total. The fourth-order valence-corrected chi connectivity index (χ4v) is 3.09. The fourth-order valence-electron chi connectivity index (χ4n) is 1.53. The Balaban J connectivity index is 2.57. The quantitative estimate of drug-likeness (QED) is 0.748. The second kappa shape index (κ2) is 7.75. The second-order valence-corrected chi connectivity index (χ2v) is 5.68. The van der Waals surface area contributed by atoms with Crippen molar-refractivity contribution >= 4 is 27.7 Å². The van der Waals surface area contributed by atoms with Gasteiger partial charge in [-0.1, -0.05) is 29.8 Å². The summed E-state index contributed by atoms with van der Waals surface area (Å²) in [7, 11) is 0. The van der Waals surface area contributed by atoms with Gasteiger partial charge >= 0.3 is 0 Å². The molecule has 0 bridgehead atoms. The van der Waals surface area contributed by atoms with Crippen molar-refractivity contribution in [3.8, 4) is 6.07 Å². The van der Waals surface area contributed by atoms with Crippen LogP contribution >= 0.6 is 27.7 Å². The normalized spacial score (nSPS) is 10.5. The minimum Gasteiger partial charge on any atom is -0.303 e. The first-order valence-electron chi connectivity index (χ1n) is 5.76. The molecular weight excluding hydrogens is 296 g/mol. The van der Waals surface area contributed by atoms with E-state index in [2.05, 4.69) is 40.7 Å². The van der Waals surface area contributed by atoms with Crippen LogP contribution < -0.4 is 0 Å². The number of thioether (sulfide) groups is 1. The number of rotatable bonds is 6. The van der Waals surface area contributed by atoms with Crippen LogP contribution in [0.3, 0.4) is 0 Å². The van der Waals surface area contributed by atoms with Crippen LogP contribution in [0.4, 0.5) is 0 Å². The van der Waals surface area contributed by atoms with Gasteiger partial charge in [0.05, 0.1) is 5.56 Å². The van der Waals surface area contributed by atoms with Gasteiger partial charge in [0.15, 0.2) is 0 Å². The summed E-state index contributed by atoms with van der Waals surface area (Å²) in [5, 5.41) is 9.02. The van der Waals surface area contributed by atoms with Gasteiger partial charge < -0.3 is 4.90 Å². The van der Waals surface area contributed by atoms with Gasteiger partial charge in [0.2, 0.25) is 0 Å². The van der Waals surface area contributed by atoms with Gasteiger partial charge in [-0.2, -0.15) is 5.26 Å². The number of hydrogen-bond acceptors (Lipinski definition) is 3. The highest BCUT2D eigenvalue weighted by molar-refractivity contribution is 9.10. The van der Waals surface area contributed by atoms with E-state index in [1.54, 1.807) is 11.8 Å².